The first kappa shape index (κ1) is 19.0. The van der Waals surface area contributed by atoms with Gasteiger partial charge in [0, 0.05) is 24.2 Å². The Balaban J connectivity index is 1.66. The van der Waals surface area contributed by atoms with Crippen molar-refractivity contribution in [1.82, 2.24) is 5.32 Å². The summed E-state index contributed by atoms with van der Waals surface area (Å²) in [5.74, 6) is -1.03. The fourth-order valence-electron chi connectivity index (χ4n) is 2.51. The van der Waals surface area contributed by atoms with Crippen molar-refractivity contribution in [2.24, 2.45) is 0 Å². The molecule has 28 heavy (non-hydrogen) atoms. The molecule has 142 valence electrons. The number of ether oxygens (including phenoxy) is 1. The summed E-state index contributed by atoms with van der Waals surface area (Å²) < 4.78 is 32.9. The SMILES string of the molecule is N=C/C=C1\NC=CC=C1Oc1ccc(NC(=O)Cc2ccc(F)cc2)cc1F. The Labute approximate surface area is 160 Å². The number of hydrogen-bond donors (Lipinski definition) is 3. The van der Waals surface area contributed by atoms with Crippen LogP contribution in [0.25, 0.3) is 0 Å². The van der Waals surface area contributed by atoms with Crippen molar-refractivity contribution in [3.8, 4) is 5.75 Å². The molecule has 0 radical (unpaired) electrons. The smallest absolute Gasteiger partial charge is 0.228 e. The summed E-state index contributed by atoms with van der Waals surface area (Å²) in [5.41, 5.74) is 1.45. The molecule has 0 spiro atoms. The first-order valence-electron chi connectivity index (χ1n) is 8.41. The molecule has 1 aliphatic heterocycles. The Morgan fingerprint density at radius 2 is 1.96 bits per heavy atom. The quantitative estimate of drug-likeness (QED) is 0.661. The minimum Gasteiger partial charge on any atom is -0.452 e. The van der Waals surface area contributed by atoms with Crippen LogP contribution in [-0.4, -0.2) is 12.1 Å². The second-order valence-electron chi connectivity index (χ2n) is 5.88. The molecule has 3 N–H and O–H groups in total. The zero-order valence-electron chi connectivity index (χ0n) is 14.7. The largest absolute Gasteiger partial charge is 0.452 e. The van der Waals surface area contributed by atoms with Crippen molar-refractivity contribution < 1.29 is 18.3 Å². The molecule has 0 unspecified atom stereocenters. The number of carbonyl (C=O) groups is 1. The van der Waals surface area contributed by atoms with Gasteiger partial charge in [0.1, 0.15) is 5.82 Å². The van der Waals surface area contributed by atoms with Crippen molar-refractivity contribution in [3.05, 3.63) is 95.5 Å². The van der Waals surface area contributed by atoms with Gasteiger partial charge in [-0.1, -0.05) is 12.1 Å². The third kappa shape index (κ3) is 4.91. The lowest BCUT2D eigenvalue weighted by Gasteiger charge is -2.16. The number of halogens is 2. The van der Waals surface area contributed by atoms with Crippen LogP contribution in [0, 0.1) is 17.0 Å². The summed E-state index contributed by atoms with van der Waals surface area (Å²) in [6.45, 7) is 0. The van der Waals surface area contributed by atoms with Gasteiger partial charge in [-0.2, -0.15) is 0 Å². The van der Waals surface area contributed by atoms with Crippen molar-refractivity contribution in [2.75, 3.05) is 5.32 Å². The molecule has 1 heterocycles. The van der Waals surface area contributed by atoms with E-state index in [1.807, 2.05) is 0 Å². The highest BCUT2D eigenvalue weighted by molar-refractivity contribution is 5.92. The zero-order valence-corrected chi connectivity index (χ0v) is 14.7. The highest BCUT2D eigenvalue weighted by atomic mass is 19.1. The van der Waals surface area contributed by atoms with Gasteiger partial charge in [-0.15, -0.1) is 0 Å². The highest BCUT2D eigenvalue weighted by Crippen LogP contribution is 2.25. The first-order valence-corrected chi connectivity index (χ1v) is 8.41. The van der Waals surface area contributed by atoms with Gasteiger partial charge in [0.2, 0.25) is 5.91 Å². The molecule has 0 saturated heterocycles. The second-order valence-corrected chi connectivity index (χ2v) is 5.88. The Morgan fingerprint density at radius 3 is 2.68 bits per heavy atom. The lowest BCUT2D eigenvalue weighted by atomic mass is 10.1. The van der Waals surface area contributed by atoms with Crippen molar-refractivity contribution in [1.29, 1.82) is 5.41 Å². The monoisotopic (exact) mass is 381 g/mol. The van der Waals surface area contributed by atoms with Gasteiger partial charge >= 0.3 is 0 Å². The summed E-state index contributed by atoms with van der Waals surface area (Å²) in [5, 5.41) is 12.7. The van der Waals surface area contributed by atoms with E-state index in [-0.39, 0.29) is 29.6 Å². The Hall–Kier alpha value is -3.74. The number of amides is 1. The topological polar surface area (TPSA) is 74.2 Å². The van der Waals surface area contributed by atoms with E-state index in [0.717, 1.165) is 12.3 Å². The van der Waals surface area contributed by atoms with E-state index in [0.29, 0.717) is 17.0 Å². The number of rotatable bonds is 6. The van der Waals surface area contributed by atoms with Gasteiger partial charge in [0.15, 0.2) is 17.3 Å². The van der Waals surface area contributed by atoms with E-state index in [2.05, 4.69) is 10.6 Å². The fourth-order valence-corrected chi connectivity index (χ4v) is 2.51. The summed E-state index contributed by atoms with van der Waals surface area (Å²) in [4.78, 5) is 12.1. The normalized spacial score (nSPS) is 14.2. The minimum absolute atomic E-state index is 0.0178. The van der Waals surface area contributed by atoms with Crippen LogP contribution < -0.4 is 15.4 Å². The van der Waals surface area contributed by atoms with E-state index in [9.17, 15) is 13.6 Å². The summed E-state index contributed by atoms with van der Waals surface area (Å²) in [7, 11) is 0. The van der Waals surface area contributed by atoms with E-state index in [1.165, 1.54) is 42.5 Å². The van der Waals surface area contributed by atoms with Gasteiger partial charge in [0.05, 0.1) is 12.1 Å². The molecule has 0 fully saturated rings. The molecular weight excluding hydrogens is 364 g/mol. The average molecular weight is 381 g/mol. The molecule has 0 atom stereocenters. The molecule has 0 aromatic heterocycles. The Kier molecular flexibility index (Phi) is 5.96. The van der Waals surface area contributed by atoms with E-state index < -0.39 is 5.82 Å². The Bertz CT molecular complexity index is 980. The van der Waals surface area contributed by atoms with Gasteiger partial charge in [-0.05, 0) is 48.1 Å². The van der Waals surface area contributed by atoms with Crippen LogP contribution >= 0.6 is 0 Å². The van der Waals surface area contributed by atoms with E-state index in [1.54, 1.807) is 18.4 Å². The van der Waals surface area contributed by atoms with Crippen LogP contribution in [0.1, 0.15) is 5.56 Å². The third-order valence-electron chi connectivity index (χ3n) is 3.81. The predicted molar refractivity (Wildman–Crippen MR) is 103 cm³/mol. The summed E-state index contributed by atoms with van der Waals surface area (Å²) in [6.07, 6.45) is 7.62. The number of benzene rings is 2. The second kappa shape index (κ2) is 8.77. The number of dihydropyridines is 1. The predicted octanol–water partition coefficient (Wildman–Crippen LogP) is 4.06. The van der Waals surface area contributed by atoms with Crippen molar-refractivity contribution >= 4 is 17.8 Å². The summed E-state index contributed by atoms with van der Waals surface area (Å²) in [6, 6.07) is 9.68. The van der Waals surface area contributed by atoms with Crippen LogP contribution in [0.4, 0.5) is 14.5 Å². The molecule has 2 aromatic rings. The van der Waals surface area contributed by atoms with Crippen LogP contribution in [0.3, 0.4) is 0 Å². The third-order valence-corrected chi connectivity index (χ3v) is 3.81. The average Bonchev–Trinajstić information content (AvgIpc) is 2.67. The lowest BCUT2D eigenvalue weighted by Crippen LogP contribution is -2.16. The van der Waals surface area contributed by atoms with Crippen molar-refractivity contribution in [3.63, 3.8) is 0 Å². The Morgan fingerprint density at radius 1 is 1.18 bits per heavy atom. The van der Waals surface area contributed by atoms with Gasteiger partial charge in [0.25, 0.3) is 0 Å². The number of nitrogens with one attached hydrogen (secondary N) is 3. The molecule has 3 rings (SSSR count). The highest BCUT2D eigenvalue weighted by Gasteiger charge is 2.13. The maximum absolute atomic E-state index is 14.4. The maximum atomic E-state index is 14.4. The standard InChI is InChI=1S/C21H17F2N3O2/c22-15-5-3-14(4-6-15)12-21(27)26-16-7-8-19(17(23)13-16)28-20-2-1-11-25-18(20)9-10-24/h1-11,13,24-25H,12H2,(H,26,27)/b18-9-,24-10?. The number of hydrogen-bond acceptors (Lipinski definition) is 4. The van der Waals surface area contributed by atoms with E-state index >= 15 is 0 Å². The molecule has 0 bridgehead atoms. The van der Waals surface area contributed by atoms with Gasteiger partial charge in [-0.3, -0.25) is 4.79 Å². The fraction of sp³-hybridized carbons (Fsp3) is 0.0476. The van der Waals surface area contributed by atoms with Gasteiger partial charge < -0.3 is 20.8 Å². The molecular formula is C21H17F2N3O2. The minimum atomic E-state index is -0.649. The molecule has 0 saturated carbocycles. The van der Waals surface area contributed by atoms with Gasteiger partial charge in [-0.25, -0.2) is 8.78 Å². The van der Waals surface area contributed by atoms with Crippen LogP contribution in [0.15, 0.2) is 78.3 Å². The lowest BCUT2D eigenvalue weighted by molar-refractivity contribution is -0.115. The number of anilines is 1. The molecule has 1 amide bonds. The molecule has 0 aliphatic carbocycles. The summed E-state index contributed by atoms with van der Waals surface area (Å²) >= 11 is 0. The van der Waals surface area contributed by atoms with E-state index in [4.69, 9.17) is 10.1 Å². The first-order chi connectivity index (χ1) is 13.5. The zero-order chi connectivity index (χ0) is 19.9. The number of carbonyl (C=O) groups excluding carboxylic acids is 1. The molecule has 2 aromatic carbocycles. The van der Waals surface area contributed by atoms with Crippen LogP contribution in [0.5, 0.6) is 5.75 Å². The maximum Gasteiger partial charge on any atom is 0.228 e. The molecule has 5 nitrogen and oxygen atoms in total. The molecule has 1 aliphatic rings. The number of allylic oxidation sites excluding steroid dienone is 3. The van der Waals surface area contributed by atoms with Crippen LogP contribution in [-0.2, 0) is 11.2 Å². The van der Waals surface area contributed by atoms with Crippen LogP contribution in [0.2, 0.25) is 0 Å². The molecule has 7 heteroatoms. The van der Waals surface area contributed by atoms with Crippen molar-refractivity contribution in [2.45, 2.75) is 6.42 Å².